The van der Waals surface area contributed by atoms with Gasteiger partial charge in [0.1, 0.15) is 11.5 Å². The van der Waals surface area contributed by atoms with Gasteiger partial charge in [0.15, 0.2) is 5.82 Å². The van der Waals surface area contributed by atoms with Gasteiger partial charge in [-0.05, 0) is 29.8 Å². The molecule has 1 unspecified atom stereocenters. The molecule has 3 heterocycles. The quantitative estimate of drug-likeness (QED) is 0.252. The second-order valence-electron chi connectivity index (χ2n) is 7.89. The first-order valence-corrected chi connectivity index (χ1v) is 12.1. The Labute approximate surface area is 210 Å². The molecule has 186 valence electrons. The van der Waals surface area contributed by atoms with Crippen molar-refractivity contribution in [3.63, 3.8) is 0 Å². The first-order valence-electron chi connectivity index (χ1n) is 10.9. The Morgan fingerprint density at radius 1 is 1.11 bits per heavy atom. The number of benzene rings is 1. The summed E-state index contributed by atoms with van der Waals surface area (Å²) in [4.78, 5) is 8.49. The summed E-state index contributed by atoms with van der Waals surface area (Å²) in [5, 5.41) is 22.8. The highest BCUT2D eigenvalue weighted by atomic mass is 32.2. The summed E-state index contributed by atoms with van der Waals surface area (Å²) in [7, 11) is 0. The van der Waals surface area contributed by atoms with Crippen LogP contribution in [0.3, 0.4) is 0 Å². The molecular weight excluding hydrogens is 486 g/mol. The second kappa shape index (κ2) is 11.3. The van der Waals surface area contributed by atoms with E-state index in [4.69, 9.17) is 10.8 Å². The number of pyridine rings is 2. The lowest BCUT2D eigenvalue weighted by Crippen LogP contribution is -2.19. The third kappa shape index (κ3) is 5.70. The van der Waals surface area contributed by atoms with Crippen LogP contribution in [0, 0.1) is 11.6 Å². The van der Waals surface area contributed by atoms with Crippen LogP contribution in [0.1, 0.15) is 11.3 Å². The van der Waals surface area contributed by atoms with Gasteiger partial charge < -0.3 is 20.7 Å². The fraction of sp³-hybridized carbons (Fsp3) is 0.160. The number of nitrogens with two attached hydrogens (primary N) is 1. The van der Waals surface area contributed by atoms with Crippen LogP contribution in [0.4, 0.5) is 14.5 Å². The lowest BCUT2D eigenvalue weighted by Gasteiger charge is -2.13. The fourth-order valence-corrected chi connectivity index (χ4v) is 4.02. The van der Waals surface area contributed by atoms with Crippen LogP contribution in [0.15, 0.2) is 67.4 Å². The summed E-state index contributed by atoms with van der Waals surface area (Å²) >= 11 is 1.37. The van der Waals surface area contributed by atoms with Crippen LogP contribution in [0.25, 0.3) is 28.0 Å². The molecule has 0 saturated carbocycles. The highest BCUT2D eigenvalue weighted by molar-refractivity contribution is 7.99. The van der Waals surface area contributed by atoms with E-state index in [0.717, 1.165) is 23.4 Å². The number of aliphatic hydroxyl groups excluding tert-OH is 2. The number of nitrogens with one attached hydrogen (secondary N) is 1. The predicted octanol–water partition coefficient (Wildman–Crippen LogP) is 3.68. The molecule has 36 heavy (non-hydrogen) atoms. The van der Waals surface area contributed by atoms with Gasteiger partial charge in [-0.25, -0.2) is 8.78 Å². The third-order valence-corrected chi connectivity index (χ3v) is 5.77. The summed E-state index contributed by atoms with van der Waals surface area (Å²) in [6.07, 6.45) is 8.43. The first kappa shape index (κ1) is 25.3. The molecule has 5 N–H and O–H groups in total. The molecule has 3 aromatic heterocycles. The van der Waals surface area contributed by atoms with E-state index in [1.165, 1.54) is 18.1 Å². The standard InChI is InChI=1S/C25H24F2N6O2S/c1-36-32-20-5-16(4-17(6-20)25-23(27)7-19(26)11-30-25)22(8-28)24-3-2-15(9-29-24)18-10-31-33(12-18)13-21(35)14-34/h2-12,21,32,34-35H,13-14,28H2,1H3. The number of rotatable bonds is 9. The van der Waals surface area contributed by atoms with Crippen LogP contribution in [-0.2, 0) is 6.54 Å². The van der Waals surface area contributed by atoms with Crippen LogP contribution >= 0.6 is 11.9 Å². The van der Waals surface area contributed by atoms with Gasteiger partial charge >= 0.3 is 0 Å². The largest absolute Gasteiger partial charge is 0.404 e. The SMILES string of the molecule is CSNc1cc(C(=CN)c2ccc(-c3cnn(CC(O)CO)c3)cn2)cc(-c2ncc(F)cc2F)c1. The van der Waals surface area contributed by atoms with E-state index in [1.807, 2.05) is 18.4 Å². The number of anilines is 1. The maximum Gasteiger partial charge on any atom is 0.152 e. The summed E-state index contributed by atoms with van der Waals surface area (Å²) in [5.74, 6) is -1.52. The molecule has 4 rings (SSSR count). The van der Waals surface area contributed by atoms with E-state index in [-0.39, 0.29) is 18.8 Å². The Morgan fingerprint density at radius 3 is 2.61 bits per heavy atom. The minimum atomic E-state index is -0.893. The van der Waals surface area contributed by atoms with Gasteiger partial charge in [-0.1, -0.05) is 18.0 Å². The molecular formula is C25H24F2N6O2S. The van der Waals surface area contributed by atoms with Gasteiger partial charge in [0.2, 0.25) is 0 Å². The normalized spacial score (nSPS) is 12.5. The van der Waals surface area contributed by atoms with E-state index < -0.39 is 17.7 Å². The van der Waals surface area contributed by atoms with Gasteiger partial charge in [-0.15, -0.1) is 0 Å². The van der Waals surface area contributed by atoms with Gasteiger partial charge in [0.25, 0.3) is 0 Å². The van der Waals surface area contributed by atoms with Crippen molar-refractivity contribution in [2.24, 2.45) is 5.73 Å². The van der Waals surface area contributed by atoms with Crippen molar-refractivity contribution in [2.75, 3.05) is 17.6 Å². The van der Waals surface area contributed by atoms with Crippen molar-refractivity contribution in [3.05, 3.63) is 90.3 Å². The van der Waals surface area contributed by atoms with Gasteiger partial charge in [-0.3, -0.25) is 14.6 Å². The zero-order valence-corrected chi connectivity index (χ0v) is 20.1. The lowest BCUT2D eigenvalue weighted by atomic mass is 9.98. The molecule has 1 aromatic carbocycles. The van der Waals surface area contributed by atoms with Gasteiger partial charge in [-0.2, -0.15) is 5.10 Å². The molecule has 0 fully saturated rings. The molecule has 0 aliphatic carbocycles. The molecule has 8 nitrogen and oxygen atoms in total. The minimum absolute atomic E-state index is 0.0189. The molecule has 4 aromatic rings. The molecule has 0 aliphatic heterocycles. The molecule has 0 saturated heterocycles. The van der Waals surface area contributed by atoms with E-state index in [1.54, 1.807) is 41.5 Å². The van der Waals surface area contributed by atoms with Crippen LogP contribution in [-0.4, -0.2) is 48.9 Å². The topological polar surface area (TPSA) is 122 Å². The van der Waals surface area contributed by atoms with Gasteiger partial charge in [0, 0.05) is 58.9 Å². The summed E-state index contributed by atoms with van der Waals surface area (Å²) in [6.45, 7) is -0.173. The Morgan fingerprint density at radius 2 is 1.94 bits per heavy atom. The molecule has 0 amide bonds. The smallest absolute Gasteiger partial charge is 0.152 e. The Kier molecular flexibility index (Phi) is 7.93. The Hall–Kier alpha value is -3.80. The fourth-order valence-electron chi connectivity index (χ4n) is 3.66. The lowest BCUT2D eigenvalue weighted by molar-refractivity contribution is 0.0783. The van der Waals surface area contributed by atoms with Crippen LogP contribution < -0.4 is 10.5 Å². The third-order valence-electron chi connectivity index (χ3n) is 5.33. The number of aromatic nitrogens is 4. The monoisotopic (exact) mass is 510 g/mol. The second-order valence-corrected chi connectivity index (χ2v) is 8.50. The Balaban J connectivity index is 1.66. The van der Waals surface area contributed by atoms with E-state index in [2.05, 4.69) is 19.8 Å². The number of hydrogen-bond acceptors (Lipinski definition) is 8. The summed E-state index contributed by atoms with van der Waals surface area (Å²) in [5.41, 5.74) is 10.6. The van der Waals surface area contributed by atoms with Crippen molar-refractivity contribution < 1.29 is 19.0 Å². The van der Waals surface area contributed by atoms with Crippen molar-refractivity contribution in [1.82, 2.24) is 19.7 Å². The van der Waals surface area contributed by atoms with Crippen molar-refractivity contribution >= 4 is 23.2 Å². The summed E-state index contributed by atoms with van der Waals surface area (Å²) < 4.78 is 32.5. The maximum atomic E-state index is 14.5. The molecule has 11 heteroatoms. The van der Waals surface area contributed by atoms with Gasteiger partial charge in [0.05, 0.1) is 37.3 Å². The molecule has 0 aliphatic rings. The van der Waals surface area contributed by atoms with E-state index >= 15 is 0 Å². The number of nitrogens with zero attached hydrogens (tertiary/aromatic N) is 4. The highest BCUT2D eigenvalue weighted by Gasteiger charge is 2.15. The number of halogens is 2. The average Bonchev–Trinajstić information content (AvgIpc) is 3.33. The van der Waals surface area contributed by atoms with E-state index in [9.17, 15) is 13.9 Å². The molecule has 0 spiro atoms. The first-order chi connectivity index (χ1) is 17.4. The van der Waals surface area contributed by atoms with Crippen LogP contribution in [0.5, 0.6) is 0 Å². The number of hydrogen-bond donors (Lipinski definition) is 4. The molecule has 0 radical (unpaired) electrons. The highest BCUT2D eigenvalue weighted by Crippen LogP contribution is 2.32. The van der Waals surface area contributed by atoms with E-state index in [0.29, 0.717) is 28.1 Å². The molecule has 1 atom stereocenters. The van der Waals surface area contributed by atoms with Crippen molar-refractivity contribution in [3.8, 4) is 22.4 Å². The Bertz CT molecular complexity index is 1380. The number of aliphatic hydroxyl groups is 2. The van der Waals surface area contributed by atoms with Crippen molar-refractivity contribution in [1.29, 1.82) is 0 Å². The average molecular weight is 511 g/mol. The predicted molar refractivity (Wildman–Crippen MR) is 137 cm³/mol. The molecule has 0 bridgehead atoms. The summed E-state index contributed by atoms with van der Waals surface area (Å²) in [6, 6.07) is 9.76. The maximum absolute atomic E-state index is 14.5. The zero-order valence-electron chi connectivity index (χ0n) is 19.3. The van der Waals surface area contributed by atoms with Crippen LogP contribution in [0.2, 0.25) is 0 Å². The van der Waals surface area contributed by atoms with Crippen molar-refractivity contribution in [2.45, 2.75) is 12.6 Å². The minimum Gasteiger partial charge on any atom is -0.404 e. The zero-order chi connectivity index (χ0) is 25.7.